The van der Waals surface area contributed by atoms with Gasteiger partial charge in [-0.15, -0.1) is 0 Å². The van der Waals surface area contributed by atoms with Crippen molar-refractivity contribution >= 4 is 5.91 Å². The van der Waals surface area contributed by atoms with E-state index >= 15 is 0 Å². The van der Waals surface area contributed by atoms with E-state index in [1.54, 1.807) is 36.9 Å². The minimum absolute atomic E-state index is 0.269. The molecule has 1 heterocycles. The first-order valence-electron chi connectivity index (χ1n) is 6.38. The van der Waals surface area contributed by atoms with Crippen LogP contribution in [-0.2, 0) is 13.2 Å². The van der Waals surface area contributed by atoms with Crippen LogP contribution in [0.1, 0.15) is 34.6 Å². The van der Waals surface area contributed by atoms with Crippen LogP contribution in [0.3, 0.4) is 0 Å². The molecule has 0 aliphatic rings. The Morgan fingerprint density at radius 1 is 1.19 bits per heavy atom. The van der Waals surface area contributed by atoms with Crippen LogP contribution >= 0.6 is 0 Å². The smallest absolute Gasteiger partial charge is 0.347 e. The van der Waals surface area contributed by atoms with Gasteiger partial charge in [-0.25, -0.2) is 0 Å². The Morgan fingerprint density at radius 3 is 2.29 bits per heavy atom. The zero-order chi connectivity index (χ0) is 15.6. The average molecular weight is 296 g/mol. The van der Waals surface area contributed by atoms with Crippen molar-refractivity contribution < 1.29 is 18.0 Å². The molecule has 1 amide bonds. The number of hydrogen-bond donors (Lipinski definition) is 1. The van der Waals surface area contributed by atoms with Gasteiger partial charge in [0.15, 0.2) is 0 Å². The quantitative estimate of drug-likeness (QED) is 0.923. The van der Waals surface area contributed by atoms with E-state index in [-0.39, 0.29) is 11.9 Å². The van der Waals surface area contributed by atoms with Crippen molar-refractivity contribution in [2.75, 3.05) is 0 Å². The van der Waals surface area contributed by atoms with Crippen molar-refractivity contribution in [3.63, 3.8) is 0 Å². The number of halogens is 3. The van der Waals surface area contributed by atoms with E-state index in [9.17, 15) is 18.0 Å². The number of nitrogens with zero attached hydrogens (tertiary/aromatic N) is 1. The van der Waals surface area contributed by atoms with Gasteiger partial charge in [0, 0.05) is 13.2 Å². The molecule has 6 heteroatoms. The lowest BCUT2D eigenvalue weighted by Gasteiger charge is -2.15. The second-order valence-electron chi connectivity index (χ2n) is 4.82. The van der Waals surface area contributed by atoms with Crippen LogP contribution in [0.4, 0.5) is 13.2 Å². The first-order valence-corrected chi connectivity index (χ1v) is 6.38. The third kappa shape index (κ3) is 3.45. The highest BCUT2D eigenvalue weighted by atomic mass is 19.4. The molecule has 0 spiro atoms. The van der Waals surface area contributed by atoms with Crippen molar-refractivity contribution in [2.24, 2.45) is 7.05 Å². The SMILES string of the molecule is CC(NC(=O)c1cccn1C)c1ccc(C(F)(F)F)cc1. The molecule has 1 aromatic carbocycles. The van der Waals surface area contributed by atoms with Crippen LogP contribution in [0.5, 0.6) is 0 Å². The second-order valence-corrected chi connectivity index (χ2v) is 4.82. The standard InChI is InChI=1S/C15H15F3N2O/c1-10(19-14(21)13-4-3-9-20(13)2)11-5-7-12(8-6-11)15(16,17)18/h3-10H,1-2H3,(H,19,21). The van der Waals surface area contributed by atoms with Gasteiger partial charge in [-0.3, -0.25) is 4.79 Å². The summed E-state index contributed by atoms with van der Waals surface area (Å²) in [4.78, 5) is 12.0. The number of amides is 1. The van der Waals surface area contributed by atoms with Crippen LogP contribution in [0.25, 0.3) is 0 Å². The van der Waals surface area contributed by atoms with Crippen LogP contribution in [-0.4, -0.2) is 10.5 Å². The van der Waals surface area contributed by atoms with Crippen molar-refractivity contribution in [1.29, 1.82) is 0 Å². The van der Waals surface area contributed by atoms with E-state index in [1.807, 2.05) is 0 Å². The number of nitrogens with one attached hydrogen (secondary N) is 1. The van der Waals surface area contributed by atoms with Crippen LogP contribution < -0.4 is 5.32 Å². The number of carbonyl (C=O) groups is 1. The molecular weight excluding hydrogens is 281 g/mol. The highest BCUT2D eigenvalue weighted by molar-refractivity contribution is 5.92. The molecule has 2 aromatic rings. The molecular formula is C15H15F3N2O. The van der Waals surface area contributed by atoms with E-state index in [2.05, 4.69) is 5.32 Å². The normalized spacial score (nSPS) is 13.0. The second kappa shape index (κ2) is 5.63. The molecule has 0 bridgehead atoms. The minimum Gasteiger partial charge on any atom is -0.347 e. The molecule has 0 aliphatic carbocycles. The van der Waals surface area contributed by atoms with E-state index in [1.165, 1.54) is 12.1 Å². The largest absolute Gasteiger partial charge is 0.416 e. The Balaban J connectivity index is 2.09. The maximum atomic E-state index is 12.5. The Morgan fingerprint density at radius 2 is 1.81 bits per heavy atom. The average Bonchev–Trinajstić information content (AvgIpc) is 2.84. The molecule has 21 heavy (non-hydrogen) atoms. The molecule has 1 unspecified atom stereocenters. The van der Waals surface area contributed by atoms with Crippen molar-refractivity contribution in [3.8, 4) is 0 Å². The number of aromatic nitrogens is 1. The van der Waals surface area contributed by atoms with Crippen LogP contribution in [0, 0.1) is 0 Å². The van der Waals surface area contributed by atoms with Gasteiger partial charge in [0.2, 0.25) is 0 Å². The summed E-state index contributed by atoms with van der Waals surface area (Å²) >= 11 is 0. The van der Waals surface area contributed by atoms with Gasteiger partial charge in [0.1, 0.15) is 5.69 Å². The van der Waals surface area contributed by atoms with E-state index in [0.29, 0.717) is 11.3 Å². The van der Waals surface area contributed by atoms with Gasteiger partial charge in [0.25, 0.3) is 5.91 Å². The Bertz CT molecular complexity index is 629. The highest BCUT2D eigenvalue weighted by Crippen LogP contribution is 2.29. The maximum Gasteiger partial charge on any atom is 0.416 e. The predicted octanol–water partition coefficient (Wildman–Crippen LogP) is 3.53. The molecule has 0 radical (unpaired) electrons. The monoisotopic (exact) mass is 296 g/mol. The summed E-state index contributed by atoms with van der Waals surface area (Å²) in [5.41, 5.74) is 0.409. The Kier molecular flexibility index (Phi) is 4.06. The predicted molar refractivity (Wildman–Crippen MR) is 72.7 cm³/mol. The fourth-order valence-corrected chi connectivity index (χ4v) is 2.01. The number of rotatable bonds is 3. The molecule has 1 aromatic heterocycles. The lowest BCUT2D eigenvalue weighted by atomic mass is 10.1. The third-order valence-corrected chi connectivity index (χ3v) is 3.26. The van der Waals surface area contributed by atoms with Crippen LogP contribution in [0.15, 0.2) is 42.6 Å². The molecule has 0 saturated heterocycles. The van der Waals surface area contributed by atoms with E-state index in [4.69, 9.17) is 0 Å². The Hall–Kier alpha value is -2.24. The molecule has 0 aliphatic heterocycles. The van der Waals surface area contributed by atoms with Gasteiger partial charge >= 0.3 is 6.18 Å². The zero-order valence-electron chi connectivity index (χ0n) is 11.6. The minimum atomic E-state index is -4.35. The van der Waals surface area contributed by atoms with Gasteiger partial charge in [-0.1, -0.05) is 12.1 Å². The molecule has 0 fully saturated rings. The van der Waals surface area contributed by atoms with E-state index < -0.39 is 11.7 Å². The fraction of sp³-hybridized carbons (Fsp3) is 0.267. The number of benzene rings is 1. The molecule has 1 N–H and O–H groups in total. The molecule has 112 valence electrons. The molecule has 3 nitrogen and oxygen atoms in total. The number of aryl methyl sites for hydroxylation is 1. The summed E-state index contributed by atoms with van der Waals surface area (Å²) in [7, 11) is 1.75. The van der Waals surface area contributed by atoms with Gasteiger partial charge in [-0.2, -0.15) is 13.2 Å². The zero-order valence-corrected chi connectivity index (χ0v) is 11.6. The topological polar surface area (TPSA) is 34.0 Å². The molecule has 2 rings (SSSR count). The summed E-state index contributed by atoms with van der Waals surface area (Å²) in [6.07, 6.45) is -2.61. The maximum absolute atomic E-state index is 12.5. The summed E-state index contributed by atoms with van der Waals surface area (Å²) in [5.74, 6) is -0.269. The van der Waals surface area contributed by atoms with Crippen molar-refractivity contribution in [2.45, 2.75) is 19.1 Å². The number of alkyl halides is 3. The summed E-state index contributed by atoms with van der Waals surface area (Å²) < 4.78 is 39.1. The van der Waals surface area contributed by atoms with Gasteiger partial charge < -0.3 is 9.88 Å². The first kappa shape index (κ1) is 15.2. The van der Waals surface area contributed by atoms with E-state index in [0.717, 1.165) is 12.1 Å². The van der Waals surface area contributed by atoms with Gasteiger partial charge in [-0.05, 0) is 36.8 Å². The van der Waals surface area contributed by atoms with Crippen LogP contribution in [0.2, 0.25) is 0 Å². The number of hydrogen-bond acceptors (Lipinski definition) is 1. The number of carbonyl (C=O) groups excluding carboxylic acids is 1. The lowest BCUT2D eigenvalue weighted by Crippen LogP contribution is -2.28. The molecule has 1 atom stereocenters. The fourth-order valence-electron chi connectivity index (χ4n) is 2.01. The molecule has 0 saturated carbocycles. The lowest BCUT2D eigenvalue weighted by molar-refractivity contribution is -0.137. The highest BCUT2D eigenvalue weighted by Gasteiger charge is 2.30. The summed E-state index contributed by atoms with van der Waals surface area (Å²) in [6, 6.07) is 7.82. The van der Waals surface area contributed by atoms with Gasteiger partial charge in [0.05, 0.1) is 11.6 Å². The Labute approximate surface area is 120 Å². The third-order valence-electron chi connectivity index (χ3n) is 3.26. The van der Waals surface area contributed by atoms with Crippen molar-refractivity contribution in [1.82, 2.24) is 9.88 Å². The summed E-state index contributed by atoms with van der Waals surface area (Å²) in [6.45, 7) is 1.73. The summed E-state index contributed by atoms with van der Waals surface area (Å²) in [5, 5.41) is 2.76. The van der Waals surface area contributed by atoms with Crippen molar-refractivity contribution in [3.05, 3.63) is 59.4 Å². The first-order chi connectivity index (χ1) is 9.79.